The molecule has 1 amide bonds. The van der Waals surface area contributed by atoms with E-state index in [9.17, 15) is 4.79 Å². The average Bonchev–Trinajstić information content (AvgIpc) is 2.71. The van der Waals surface area contributed by atoms with Crippen LogP contribution in [0.5, 0.6) is 0 Å². The number of hydrogen-bond acceptors (Lipinski definition) is 4. The van der Waals surface area contributed by atoms with Gasteiger partial charge >= 0.3 is 0 Å². The highest BCUT2D eigenvalue weighted by atomic mass is 16.2. The fourth-order valence-corrected chi connectivity index (χ4v) is 2.49. The van der Waals surface area contributed by atoms with E-state index in [1.807, 2.05) is 58.9 Å². The summed E-state index contributed by atoms with van der Waals surface area (Å²) in [6.07, 6.45) is 0. The number of nitrogens with zero attached hydrogens (tertiary/aromatic N) is 4. The predicted octanol–water partition coefficient (Wildman–Crippen LogP) is 3.81. The normalized spacial score (nSPS) is 18.9. The molecule has 1 unspecified atom stereocenters. The molecule has 1 aromatic carbocycles. The van der Waals surface area contributed by atoms with Gasteiger partial charge in [-0.1, -0.05) is 39.8 Å². The van der Waals surface area contributed by atoms with E-state index in [1.165, 1.54) is 0 Å². The summed E-state index contributed by atoms with van der Waals surface area (Å²) in [6, 6.07) is 7.79. The third-order valence-electron chi connectivity index (χ3n) is 3.71. The first-order valence-corrected chi connectivity index (χ1v) is 8.34. The quantitative estimate of drug-likeness (QED) is 0.731. The minimum atomic E-state index is 0.0255. The van der Waals surface area contributed by atoms with Gasteiger partial charge in [-0.05, 0) is 26.0 Å². The van der Waals surface area contributed by atoms with Crippen LogP contribution in [0.1, 0.15) is 51.9 Å². The van der Waals surface area contributed by atoms with Crippen LogP contribution in [0.4, 0.5) is 5.69 Å². The van der Waals surface area contributed by atoms with E-state index in [1.54, 1.807) is 11.9 Å². The van der Waals surface area contributed by atoms with Gasteiger partial charge in [0, 0.05) is 7.05 Å². The summed E-state index contributed by atoms with van der Waals surface area (Å²) >= 11 is 0. The first-order valence-electron chi connectivity index (χ1n) is 8.34. The Kier molecular flexibility index (Phi) is 6.94. The maximum absolute atomic E-state index is 12.4. The van der Waals surface area contributed by atoms with Crippen molar-refractivity contribution in [1.29, 1.82) is 0 Å². The molecule has 0 spiro atoms. The largest absolute Gasteiger partial charge is 0.334 e. The van der Waals surface area contributed by atoms with Gasteiger partial charge in [0.1, 0.15) is 0 Å². The van der Waals surface area contributed by atoms with Crippen LogP contribution < -0.4 is 4.90 Å². The molecule has 2 heterocycles. The maximum atomic E-state index is 12.4. The lowest BCUT2D eigenvalue weighted by molar-refractivity contribution is 0.0817. The number of anilines is 1. The van der Waals surface area contributed by atoms with Crippen molar-refractivity contribution >= 4 is 23.1 Å². The standard InChI is InChI=1S/C14H16N4O.2C2H6/c1-9-10(2)18-12-7-5-4-6-11(12)14(19)17(3)8-13(18)16-15-9;2*1-2/h4-7,10H,8H2,1-3H3;2*1-2H3. The summed E-state index contributed by atoms with van der Waals surface area (Å²) in [6.45, 7) is 12.5. The molecular formula is C18H28N4O. The Labute approximate surface area is 139 Å². The smallest absolute Gasteiger partial charge is 0.256 e. The Morgan fingerprint density at radius 1 is 1.09 bits per heavy atom. The Balaban J connectivity index is 0.000000615. The number of hydrogen-bond donors (Lipinski definition) is 0. The molecule has 0 fully saturated rings. The van der Waals surface area contributed by atoms with E-state index in [0.717, 1.165) is 22.8 Å². The van der Waals surface area contributed by atoms with E-state index < -0.39 is 0 Å². The number of para-hydroxylation sites is 1. The van der Waals surface area contributed by atoms with Crippen molar-refractivity contribution in [1.82, 2.24) is 4.90 Å². The van der Waals surface area contributed by atoms with Crippen LogP contribution in [0.15, 0.2) is 34.5 Å². The van der Waals surface area contributed by atoms with Crippen LogP contribution in [0.2, 0.25) is 0 Å². The molecule has 0 aromatic heterocycles. The van der Waals surface area contributed by atoms with Gasteiger partial charge in [0.25, 0.3) is 5.91 Å². The molecule has 5 heteroatoms. The first kappa shape index (κ1) is 18.9. The van der Waals surface area contributed by atoms with Crippen LogP contribution in [0.25, 0.3) is 0 Å². The van der Waals surface area contributed by atoms with Crippen LogP contribution in [0.3, 0.4) is 0 Å². The first-order chi connectivity index (χ1) is 11.1. The maximum Gasteiger partial charge on any atom is 0.256 e. The number of carbonyl (C=O) groups excluding carboxylic acids is 1. The molecule has 0 aliphatic carbocycles. The number of rotatable bonds is 0. The van der Waals surface area contributed by atoms with Crippen molar-refractivity contribution in [2.75, 3.05) is 18.5 Å². The molecule has 3 rings (SSSR count). The minimum Gasteiger partial charge on any atom is -0.334 e. The lowest BCUT2D eigenvalue weighted by atomic mass is 10.1. The van der Waals surface area contributed by atoms with Crippen molar-refractivity contribution < 1.29 is 4.79 Å². The number of benzene rings is 1. The monoisotopic (exact) mass is 316 g/mol. The van der Waals surface area contributed by atoms with E-state index in [2.05, 4.69) is 22.0 Å². The topological polar surface area (TPSA) is 48.3 Å². The fraction of sp³-hybridized carbons (Fsp3) is 0.500. The summed E-state index contributed by atoms with van der Waals surface area (Å²) in [5.74, 6) is 0.844. The predicted molar refractivity (Wildman–Crippen MR) is 98.6 cm³/mol. The van der Waals surface area contributed by atoms with Gasteiger partial charge in [0.2, 0.25) is 0 Å². The van der Waals surface area contributed by atoms with E-state index in [-0.39, 0.29) is 11.9 Å². The second-order valence-electron chi connectivity index (χ2n) is 4.98. The zero-order valence-corrected chi connectivity index (χ0v) is 15.3. The fourth-order valence-electron chi connectivity index (χ4n) is 2.49. The molecule has 126 valence electrons. The molecular weight excluding hydrogens is 288 g/mol. The average molecular weight is 316 g/mol. The molecule has 23 heavy (non-hydrogen) atoms. The van der Waals surface area contributed by atoms with Crippen molar-refractivity contribution in [3.05, 3.63) is 29.8 Å². The lowest BCUT2D eigenvalue weighted by Gasteiger charge is -2.33. The number of likely N-dealkylation sites (N-methyl/N-ethyl adjacent to an activating group) is 1. The molecule has 2 aliphatic rings. The number of amides is 1. The van der Waals surface area contributed by atoms with E-state index >= 15 is 0 Å². The molecule has 0 N–H and O–H groups in total. The van der Waals surface area contributed by atoms with Gasteiger partial charge in [0.15, 0.2) is 5.84 Å². The summed E-state index contributed by atoms with van der Waals surface area (Å²) < 4.78 is 0. The number of amidine groups is 1. The van der Waals surface area contributed by atoms with Gasteiger partial charge in [0.05, 0.1) is 29.5 Å². The third kappa shape index (κ3) is 3.60. The van der Waals surface area contributed by atoms with Crippen molar-refractivity contribution in [3.8, 4) is 0 Å². The summed E-state index contributed by atoms with van der Waals surface area (Å²) in [7, 11) is 1.79. The van der Waals surface area contributed by atoms with E-state index in [4.69, 9.17) is 0 Å². The molecule has 5 nitrogen and oxygen atoms in total. The van der Waals surface area contributed by atoms with Crippen LogP contribution >= 0.6 is 0 Å². The highest BCUT2D eigenvalue weighted by Gasteiger charge is 2.33. The van der Waals surface area contributed by atoms with Gasteiger partial charge in [-0.3, -0.25) is 4.79 Å². The SMILES string of the molecule is CC.CC.CC1=NN=C2CN(C)C(=O)c3ccccc3N2C1C. The van der Waals surface area contributed by atoms with Gasteiger partial charge in [-0.2, -0.15) is 5.10 Å². The Bertz CT molecular complexity index is 607. The molecule has 1 atom stereocenters. The Morgan fingerprint density at radius 3 is 2.35 bits per heavy atom. The van der Waals surface area contributed by atoms with Gasteiger partial charge in [-0.25, -0.2) is 0 Å². The molecule has 0 saturated heterocycles. The molecule has 1 aromatic rings. The van der Waals surface area contributed by atoms with Gasteiger partial charge in [-0.15, -0.1) is 5.10 Å². The van der Waals surface area contributed by atoms with Crippen LogP contribution in [-0.4, -0.2) is 42.0 Å². The zero-order valence-electron chi connectivity index (χ0n) is 15.3. The summed E-state index contributed by atoms with van der Waals surface area (Å²) in [5.41, 5.74) is 2.59. The molecule has 0 radical (unpaired) electrons. The van der Waals surface area contributed by atoms with Gasteiger partial charge < -0.3 is 9.80 Å². The third-order valence-corrected chi connectivity index (χ3v) is 3.71. The van der Waals surface area contributed by atoms with Crippen LogP contribution in [-0.2, 0) is 0 Å². The Hall–Kier alpha value is -2.17. The van der Waals surface area contributed by atoms with Crippen molar-refractivity contribution in [3.63, 3.8) is 0 Å². The van der Waals surface area contributed by atoms with E-state index in [0.29, 0.717) is 6.54 Å². The molecule has 2 aliphatic heterocycles. The Morgan fingerprint density at radius 2 is 1.70 bits per heavy atom. The highest BCUT2D eigenvalue weighted by molar-refractivity contribution is 6.15. The number of fused-ring (bicyclic) bond motifs is 3. The number of carbonyl (C=O) groups is 1. The molecule has 0 bridgehead atoms. The highest BCUT2D eigenvalue weighted by Crippen LogP contribution is 2.29. The summed E-state index contributed by atoms with van der Waals surface area (Å²) in [5, 5.41) is 8.46. The lowest BCUT2D eigenvalue weighted by Crippen LogP contribution is -2.47. The van der Waals surface area contributed by atoms with Crippen molar-refractivity contribution in [2.45, 2.75) is 47.6 Å². The summed E-state index contributed by atoms with van der Waals surface area (Å²) in [4.78, 5) is 16.2. The molecule has 0 saturated carbocycles. The second-order valence-corrected chi connectivity index (χ2v) is 4.98. The van der Waals surface area contributed by atoms with Crippen molar-refractivity contribution in [2.24, 2.45) is 10.2 Å². The van der Waals surface area contributed by atoms with Crippen LogP contribution in [0, 0.1) is 0 Å². The minimum absolute atomic E-state index is 0.0255. The zero-order chi connectivity index (χ0) is 17.6. The second kappa shape index (κ2) is 8.46.